The largest absolute Gasteiger partial charge is 0.485 e. The Morgan fingerprint density at radius 1 is 1.32 bits per heavy atom. The first-order valence-corrected chi connectivity index (χ1v) is 6.40. The van der Waals surface area contributed by atoms with Crippen molar-refractivity contribution >= 4 is 5.57 Å². The molecule has 2 rings (SSSR count). The number of hydrogen-bond donors (Lipinski definition) is 0. The van der Waals surface area contributed by atoms with Crippen molar-refractivity contribution in [2.75, 3.05) is 0 Å². The molecule has 22 heavy (non-hydrogen) atoms. The zero-order chi connectivity index (χ0) is 16.1. The van der Waals surface area contributed by atoms with Gasteiger partial charge in [-0.15, -0.1) is 0 Å². The second kappa shape index (κ2) is 6.80. The summed E-state index contributed by atoms with van der Waals surface area (Å²) in [4.78, 5) is 3.88. The van der Waals surface area contributed by atoms with Gasteiger partial charge in [-0.05, 0) is 25.1 Å². The van der Waals surface area contributed by atoms with Crippen molar-refractivity contribution in [3.63, 3.8) is 0 Å². The van der Waals surface area contributed by atoms with Gasteiger partial charge in [-0.1, -0.05) is 36.0 Å². The van der Waals surface area contributed by atoms with Gasteiger partial charge < -0.3 is 9.26 Å². The lowest BCUT2D eigenvalue weighted by molar-refractivity contribution is 0.286. The number of benzene rings is 1. The van der Waals surface area contributed by atoms with Gasteiger partial charge in [0.1, 0.15) is 23.0 Å². The van der Waals surface area contributed by atoms with Gasteiger partial charge in [0.05, 0.1) is 0 Å². The molecule has 0 atom stereocenters. The van der Waals surface area contributed by atoms with Crippen molar-refractivity contribution in [1.82, 2.24) is 10.1 Å². The number of allylic oxidation sites excluding steroid dienone is 4. The first-order valence-electron chi connectivity index (χ1n) is 6.40. The van der Waals surface area contributed by atoms with E-state index in [2.05, 4.69) is 23.3 Å². The Labute approximate surface area is 126 Å². The first kappa shape index (κ1) is 15.6. The summed E-state index contributed by atoms with van der Waals surface area (Å²) in [6, 6.07) is 7.37. The van der Waals surface area contributed by atoms with Crippen LogP contribution in [-0.2, 0) is 6.61 Å². The topological polar surface area (TPSA) is 48.2 Å². The smallest absolute Gasteiger partial charge is 0.263 e. The molecule has 0 spiro atoms. The van der Waals surface area contributed by atoms with Gasteiger partial charge in [-0.2, -0.15) is 4.98 Å². The van der Waals surface area contributed by atoms with Crippen LogP contribution in [0.3, 0.4) is 0 Å². The van der Waals surface area contributed by atoms with Crippen LogP contribution >= 0.6 is 0 Å². The average molecular weight is 304 g/mol. The Morgan fingerprint density at radius 2 is 2.00 bits per heavy atom. The number of aryl methyl sites for hydroxylation is 1. The fraction of sp³-hybridized carbons (Fsp3) is 0.125. The maximum atomic E-state index is 13.5. The lowest BCUT2D eigenvalue weighted by Gasteiger charge is -2.02. The minimum atomic E-state index is -1.02. The van der Waals surface area contributed by atoms with E-state index in [0.717, 1.165) is 11.6 Å². The summed E-state index contributed by atoms with van der Waals surface area (Å²) in [6.45, 7) is 8.23. The Morgan fingerprint density at radius 3 is 2.59 bits per heavy atom. The van der Waals surface area contributed by atoms with E-state index in [1.165, 1.54) is 0 Å². The van der Waals surface area contributed by atoms with Gasteiger partial charge in [0, 0.05) is 0 Å². The average Bonchev–Trinajstić information content (AvgIpc) is 2.94. The maximum Gasteiger partial charge on any atom is 0.263 e. The van der Waals surface area contributed by atoms with Gasteiger partial charge in [-0.25, -0.2) is 8.78 Å². The number of rotatable bonds is 6. The molecular weight excluding hydrogens is 290 g/mol. The van der Waals surface area contributed by atoms with Gasteiger partial charge in [0.15, 0.2) is 6.61 Å². The molecule has 0 bridgehead atoms. The van der Waals surface area contributed by atoms with E-state index in [1.54, 1.807) is 12.1 Å². The second-order valence-corrected chi connectivity index (χ2v) is 4.45. The fourth-order valence-electron chi connectivity index (χ4n) is 1.65. The molecule has 0 saturated heterocycles. The van der Waals surface area contributed by atoms with E-state index in [4.69, 9.17) is 9.26 Å². The minimum absolute atomic E-state index is 0.00825. The molecule has 0 aliphatic carbocycles. The lowest BCUT2D eigenvalue weighted by atomic mass is 10.2. The molecule has 0 aliphatic heterocycles. The van der Waals surface area contributed by atoms with E-state index >= 15 is 0 Å². The summed E-state index contributed by atoms with van der Waals surface area (Å²) in [5, 5.41) is 3.61. The Hall–Kier alpha value is -2.76. The summed E-state index contributed by atoms with van der Waals surface area (Å²) in [5.41, 5.74) is 0.592. The van der Waals surface area contributed by atoms with Gasteiger partial charge in [-0.3, -0.25) is 0 Å². The van der Waals surface area contributed by atoms with Crippen LogP contribution in [0, 0.1) is 6.92 Å². The summed E-state index contributed by atoms with van der Waals surface area (Å²) >= 11 is 0. The summed E-state index contributed by atoms with van der Waals surface area (Å²) in [6.07, 6.45) is 0.840. The van der Waals surface area contributed by atoms with E-state index in [1.807, 2.05) is 19.1 Å². The summed E-state index contributed by atoms with van der Waals surface area (Å²) in [5.74, 6) is -1.48. The molecule has 1 heterocycles. The van der Waals surface area contributed by atoms with Gasteiger partial charge >= 0.3 is 0 Å². The molecule has 0 saturated carbocycles. The van der Waals surface area contributed by atoms with Crippen LogP contribution in [0.15, 0.2) is 59.7 Å². The molecule has 0 N–H and O–H groups in total. The van der Waals surface area contributed by atoms with Crippen LogP contribution in [0.25, 0.3) is 5.57 Å². The molecule has 114 valence electrons. The van der Waals surface area contributed by atoms with Crippen molar-refractivity contribution in [2.45, 2.75) is 13.5 Å². The van der Waals surface area contributed by atoms with Crippen LogP contribution in [0.2, 0.25) is 0 Å². The highest BCUT2D eigenvalue weighted by Crippen LogP contribution is 2.26. The highest BCUT2D eigenvalue weighted by Gasteiger charge is 2.19. The predicted molar refractivity (Wildman–Crippen MR) is 78.3 cm³/mol. The molecular formula is C16H14F2N2O2. The summed E-state index contributed by atoms with van der Waals surface area (Å²) < 4.78 is 37.1. The Kier molecular flexibility index (Phi) is 4.83. The van der Waals surface area contributed by atoms with Crippen LogP contribution in [-0.4, -0.2) is 10.1 Å². The van der Waals surface area contributed by atoms with Crippen molar-refractivity contribution in [3.8, 4) is 5.75 Å². The Bertz CT molecular complexity index is 718. The molecule has 6 heteroatoms. The van der Waals surface area contributed by atoms with Crippen molar-refractivity contribution in [2.24, 2.45) is 0 Å². The number of hydrogen-bond acceptors (Lipinski definition) is 4. The number of halogens is 2. The van der Waals surface area contributed by atoms with Crippen molar-refractivity contribution < 1.29 is 18.0 Å². The maximum absolute atomic E-state index is 13.5. The molecule has 0 aliphatic rings. The van der Waals surface area contributed by atoms with E-state index in [9.17, 15) is 8.78 Å². The number of aromatic nitrogens is 2. The van der Waals surface area contributed by atoms with E-state index < -0.39 is 17.2 Å². The minimum Gasteiger partial charge on any atom is -0.485 e. The standard InChI is InChI=1S/C16H14F2N2O2/c1-4-13(18)15(11(3)17)16-19-14(20-22-16)9-21-12-7-5-10(2)6-8-12/h4-8H,1,3,9H2,2H3/b15-13-. The molecule has 0 amide bonds. The lowest BCUT2D eigenvalue weighted by Crippen LogP contribution is -1.98. The molecule has 0 fully saturated rings. The van der Waals surface area contributed by atoms with Gasteiger partial charge in [0.2, 0.25) is 5.82 Å². The predicted octanol–water partition coefficient (Wildman–Crippen LogP) is 4.31. The second-order valence-electron chi connectivity index (χ2n) is 4.45. The van der Waals surface area contributed by atoms with Crippen LogP contribution < -0.4 is 4.74 Å². The normalized spacial score (nSPS) is 11.8. The summed E-state index contributed by atoms with van der Waals surface area (Å²) in [7, 11) is 0. The monoisotopic (exact) mass is 304 g/mol. The van der Waals surface area contributed by atoms with E-state index in [-0.39, 0.29) is 18.3 Å². The van der Waals surface area contributed by atoms with Crippen molar-refractivity contribution in [3.05, 3.63) is 72.4 Å². The zero-order valence-electron chi connectivity index (χ0n) is 12.0. The quantitative estimate of drug-likeness (QED) is 0.746. The zero-order valence-corrected chi connectivity index (χ0v) is 12.0. The third-order valence-electron chi connectivity index (χ3n) is 2.76. The SMILES string of the molecule is C=C/C(F)=C(\C(=C)F)c1nc(COc2ccc(C)cc2)no1. The number of nitrogens with zero attached hydrogens (tertiary/aromatic N) is 2. The number of ether oxygens (including phenoxy) is 1. The first-order chi connectivity index (χ1) is 10.5. The van der Waals surface area contributed by atoms with Crippen molar-refractivity contribution in [1.29, 1.82) is 0 Å². The fourth-order valence-corrected chi connectivity index (χ4v) is 1.65. The molecule has 0 radical (unpaired) electrons. The molecule has 2 aromatic rings. The van der Waals surface area contributed by atoms with Crippen LogP contribution in [0.4, 0.5) is 8.78 Å². The van der Waals surface area contributed by atoms with Crippen LogP contribution in [0.1, 0.15) is 17.3 Å². The third kappa shape index (κ3) is 3.66. The van der Waals surface area contributed by atoms with E-state index in [0.29, 0.717) is 5.75 Å². The molecule has 0 unspecified atom stereocenters. The third-order valence-corrected chi connectivity index (χ3v) is 2.76. The van der Waals surface area contributed by atoms with Crippen LogP contribution in [0.5, 0.6) is 5.75 Å². The molecule has 1 aromatic heterocycles. The van der Waals surface area contributed by atoms with Gasteiger partial charge in [0.25, 0.3) is 5.89 Å². The highest BCUT2D eigenvalue weighted by atomic mass is 19.1. The highest BCUT2D eigenvalue weighted by molar-refractivity contribution is 5.74. The Balaban J connectivity index is 2.12. The molecule has 4 nitrogen and oxygen atoms in total. The molecule has 1 aromatic carbocycles.